The van der Waals surface area contributed by atoms with Gasteiger partial charge in [-0.05, 0) is 10.8 Å². The van der Waals surface area contributed by atoms with Crippen LogP contribution in [0.4, 0.5) is 0 Å². The van der Waals surface area contributed by atoms with Crippen LogP contribution in [0, 0.1) is 0 Å². The van der Waals surface area contributed by atoms with Gasteiger partial charge in [-0.15, -0.1) is 0 Å². The molecule has 0 N–H and O–H groups in total. The van der Waals surface area contributed by atoms with E-state index in [2.05, 4.69) is 0 Å². The average Bonchev–Trinajstić information content (AvgIpc) is 2.33. The minimum absolute atomic E-state index is 0.0837. The molecule has 2 aromatic rings. The normalized spacial score (nSPS) is 15.2. The molecule has 0 amide bonds. The number of hydrogen-bond acceptors (Lipinski definition) is 2. The van der Waals surface area contributed by atoms with Gasteiger partial charge in [-0.1, -0.05) is 36.4 Å². The van der Waals surface area contributed by atoms with Crippen LogP contribution in [0.1, 0.15) is 33.6 Å². The van der Waals surface area contributed by atoms with E-state index in [1.165, 1.54) is 0 Å². The molecule has 0 unspecified atom stereocenters. The number of hydrogen-bond donors (Lipinski definition) is 0. The minimum Gasteiger partial charge on any atom is -0.294 e. The van der Waals surface area contributed by atoms with E-state index < -0.39 is 0 Å². The Morgan fingerprint density at radius 1 is 0.812 bits per heavy atom. The van der Waals surface area contributed by atoms with Crippen LogP contribution in [0.2, 0.25) is 0 Å². The quantitative estimate of drug-likeness (QED) is 0.669. The molecular weight excluding hydrogens is 200 g/mol. The van der Waals surface area contributed by atoms with E-state index in [9.17, 15) is 9.59 Å². The largest absolute Gasteiger partial charge is 0.294 e. The summed E-state index contributed by atoms with van der Waals surface area (Å²) in [5.41, 5.74) is 1.21. The second-order valence-electron chi connectivity index (χ2n) is 4.06. The highest BCUT2D eigenvalue weighted by Crippen LogP contribution is 2.28. The maximum atomic E-state index is 11.9. The summed E-state index contributed by atoms with van der Waals surface area (Å²) < 4.78 is 0. The van der Waals surface area contributed by atoms with Crippen LogP contribution in [0.25, 0.3) is 10.8 Å². The highest BCUT2D eigenvalue weighted by Gasteiger charge is 2.24. The van der Waals surface area contributed by atoms with Gasteiger partial charge in [0.05, 0.1) is 0 Å². The Hall–Kier alpha value is -1.96. The van der Waals surface area contributed by atoms with Crippen molar-refractivity contribution in [1.29, 1.82) is 0 Å². The van der Waals surface area contributed by atoms with Crippen molar-refractivity contribution >= 4 is 22.3 Å². The van der Waals surface area contributed by atoms with E-state index in [1.54, 1.807) is 6.07 Å². The lowest BCUT2D eigenvalue weighted by Gasteiger charge is -2.15. The highest BCUT2D eigenvalue weighted by atomic mass is 16.1. The Morgan fingerprint density at radius 3 is 2.44 bits per heavy atom. The standard InChI is InChI=1S/C14H10O2/c15-12-7-8-13(16)14-10-4-2-1-3-9(10)5-6-11(12)14/h1-6H,7-8H2. The molecule has 0 saturated heterocycles. The summed E-state index contributed by atoms with van der Waals surface area (Å²) in [6, 6.07) is 11.4. The van der Waals surface area contributed by atoms with Gasteiger partial charge in [0.25, 0.3) is 0 Å². The molecule has 0 radical (unpaired) electrons. The summed E-state index contributed by atoms with van der Waals surface area (Å²) in [5, 5.41) is 1.92. The highest BCUT2D eigenvalue weighted by molar-refractivity contribution is 6.20. The zero-order chi connectivity index (χ0) is 11.1. The number of rotatable bonds is 0. The number of Topliss-reactive ketones (excluding diaryl/α,β-unsaturated/α-hetero) is 2. The predicted octanol–water partition coefficient (Wildman–Crippen LogP) is 3.00. The molecule has 0 atom stereocenters. The number of carbonyl (C=O) groups excluding carboxylic acids is 2. The summed E-state index contributed by atoms with van der Waals surface area (Å²) in [4.78, 5) is 23.6. The summed E-state index contributed by atoms with van der Waals surface area (Å²) in [5.74, 6) is 0.173. The monoisotopic (exact) mass is 210 g/mol. The molecule has 2 nitrogen and oxygen atoms in total. The van der Waals surface area contributed by atoms with Gasteiger partial charge in [-0.25, -0.2) is 0 Å². The molecule has 0 fully saturated rings. The van der Waals surface area contributed by atoms with Gasteiger partial charge < -0.3 is 0 Å². The Balaban J connectivity index is 2.44. The fourth-order valence-corrected chi connectivity index (χ4v) is 2.29. The third-order valence-electron chi connectivity index (χ3n) is 3.09. The molecule has 0 saturated carbocycles. The molecule has 78 valence electrons. The van der Waals surface area contributed by atoms with Crippen LogP contribution in [0.3, 0.4) is 0 Å². The number of ketones is 2. The molecule has 16 heavy (non-hydrogen) atoms. The first-order valence-corrected chi connectivity index (χ1v) is 5.35. The lowest BCUT2D eigenvalue weighted by atomic mass is 9.86. The molecule has 0 heterocycles. The third kappa shape index (κ3) is 1.20. The lowest BCUT2D eigenvalue weighted by Crippen LogP contribution is -2.17. The van der Waals surface area contributed by atoms with Crippen LogP contribution >= 0.6 is 0 Å². The second kappa shape index (κ2) is 3.27. The molecule has 1 aliphatic rings. The molecular formula is C14H10O2. The Kier molecular flexibility index (Phi) is 1.90. The Morgan fingerprint density at radius 2 is 1.56 bits per heavy atom. The maximum Gasteiger partial charge on any atom is 0.164 e. The van der Waals surface area contributed by atoms with E-state index in [1.807, 2.05) is 30.3 Å². The van der Waals surface area contributed by atoms with Gasteiger partial charge in [-0.2, -0.15) is 0 Å². The van der Waals surface area contributed by atoms with Crippen molar-refractivity contribution in [3.05, 3.63) is 47.5 Å². The first kappa shape index (κ1) is 9.28. The van der Waals surface area contributed by atoms with E-state index in [-0.39, 0.29) is 11.6 Å². The van der Waals surface area contributed by atoms with Crippen LogP contribution in [0.15, 0.2) is 36.4 Å². The van der Waals surface area contributed by atoms with E-state index >= 15 is 0 Å². The minimum atomic E-state index is 0.0837. The molecule has 0 spiro atoms. The van der Waals surface area contributed by atoms with Crippen molar-refractivity contribution < 1.29 is 9.59 Å². The van der Waals surface area contributed by atoms with Gasteiger partial charge >= 0.3 is 0 Å². The zero-order valence-electron chi connectivity index (χ0n) is 8.69. The fraction of sp³-hybridized carbons (Fsp3) is 0.143. The molecule has 2 aromatic carbocycles. The van der Waals surface area contributed by atoms with Gasteiger partial charge in [0, 0.05) is 24.0 Å². The number of benzene rings is 2. The number of carbonyl (C=O) groups is 2. The summed E-state index contributed by atoms with van der Waals surface area (Å²) in [6.07, 6.45) is 0.698. The average molecular weight is 210 g/mol. The molecule has 0 aromatic heterocycles. The first-order chi connectivity index (χ1) is 7.77. The van der Waals surface area contributed by atoms with E-state index in [0.29, 0.717) is 24.0 Å². The van der Waals surface area contributed by atoms with Crippen LogP contribution < -0.4 is 0 Å². The van der Waals surface area contributed by atoms with Crippen molar-refractivity contribution in [3.8, 4) is 0 Å². The molecule has 3 rings (SSSR count). The van der Waals surface area contributed by atoms with Crippen LogP contribution in [-0.2, 0) is 0 Å². The van der Waals surface area contributed by atoms with Gasteiger partial charge in [-0.3, -0.25) is 9.59 Å². The van der Waals surface area contributed by atoms with Gasteiger partial charge in [0.1, 0.15) is 0 Å². The fourth-order valence-electron chi connectivity index (χ4n) is 2.29. The first-order valence-electron chi connectivity index (χ1n) is 5.35. The van der Waals surface area contributed by atoms with Crippen molar-refractivity contribution in [1.82, 2.24) is 0 Å². The predicted molar refractivity (Wildman–Crippen MR) is 61.8 cm³/mol. The SMILES string of the molecule is O=C1CCC(=O)c2c1ccc1ccccc21. The summed E-state index contributed by atoms with van der Waals surface area (Å²) >= 11 is 0. The van der Waals surface area contributed by atoms with E-state index in [4.69, 9.17) is 0 Å². The van der Waals surface area contributed by atoms with Gasteiger partial charge in [0.15, 0.2) is 11.6 Å². The Labute approximate surface area is 92.9 Å². The Bertz CT molecular complexity index is 611. The van der Waals surface area contributed by atoms with Crippen molar-refractivity contribution in [2.45, 2.75) is 12.8 Å². The molecule has 2 heteroatoms. The topological polar surface area (TPSA) is 34.1 Å². The zero-order valence-corrected chi connectivity index (χ0v) is 8.69. The molecule has 0 aliphatic heterocycles. The van der Waals surface area contributed by atoms with Crippen molar-refractivity contribution in [2.24, 2.45) is 0 Å². The molecule has 1 aliphatic carbocycles. The maximum absolute atomic E-state index is 11.9. The van der Waals surface area contributed by atoms with Crippen LogP contribution in [-0.4, -0.2) is 11.6 Å². The summed E-state index contributed by atoms with van der Waals surface area (Å²) in [7, 11) is 0. The van der Waals surface area contributed by atoms with Crippen molar-refractivity contribution in [3.63, 3.8) is 0 Å². The number of fused-ring (bicyclic) bond motifs is 3. The smallest absolute Gasteiger partial charge is 0.164 e. The second-order valence-corrected chi connectivity index (χ2v) is 4.06. The van der Waals surface area contributed by atoms with Gasteiger partial charge in [0.2, 0.25) is 0 Å². The lowest BCUT2D eigenvalue weighted by molar-refractivity contribution is 0.0892. The third-order valence-corrected chi connectivity index (χ3v) is 3.09. The summed E-state index contributed by atoms with van der Waals surface area (Å²) in [6.45, 7) is 0. The van der Waals surface area contributed by atoms with E-state index in [0.717, 1.165) is 10.8 Å². The van der Waals surface area contributed by atoms with Crippen LogP contribution in [0.5, 0.6) is 0 Å². The molecule has 0 bridgehead atoms. The van der Waals surface area contributed by atoms with Crippen molar-refractivity contribution in [2.75, 3.05) is 0 Å².